The molecule has 3 N–H and O–H groups in total. The Hall–Kier alpha value is -5.52. The molecule has 0 radical (unpaired) electrons. The van der Waals surface area contributed by atoms with Crippen molar-refractivity contribution >= 4 is 17.7 Å². The smallest absolute Gasteiger partial charge is 0.323 e. The molecule has 2 fully saturated rings. The molecule has 5 atom stereocenters. The number of nitrogens with zero attached hydrogens (tertiary/aromatic N) is 1. The van der Waals surface area contributed by atoms with Gasteiger partial charge >= 0.3 is 12.0 Å². The van der Waals surface area contributed by atoms with E-state index in [1.807, 2.05) is 124 Å². The van der Waals surface area contributed by atoms with Crippen LogP contribution in [0.1, 0.15) is 75.2 Å². The van der Waals surface area contributed by atoms with Crippen LogP contribution in [0.5, 0.6) is 11.5 Å². The van der Waals surface area contributed by atoms with Crippen molar-refractivity contribution in [3.8, 4) is 22.6 Å². The van der Waals surface area contributed by atoms with E-state index < -0.39 is 11.9 Å². The van der Waals surface area contributed by atoms with Gasteiger partial charge in [-0.1, -0.05) is 97.9 Å². The highest BCUT2D eigenvalue weighted by Gasteiger charge is 2.42. The number of likely N-dealkylation sites (tertiary alicyclic amines) is 1. The van der Waals surface area contributed by atoms with E-state index in [0.717, 1.165) is 58.5 Å². The molecule has 2 heterocycles. The number of esters is 1. The van der Waals surface area contributed by atoms with Crippen molar-refractivity contribution in [3.05, 3.63) is 150 Å². The largest absolute Gasteiger partial charge is 0.459 e. The Kier molecular flexibility index (Phi) is 12.9. The SMILES string of the molecule is C[C@H]1[C@@H](CN2CCC[C@H]2C(=O)OC(C)(C)C)O[C@@H](c2ccc(-c3ccccc3CNC(=O)Nc3ccc(Oc4ccccc4)cc3)cc2)O[C@H]1c1ccc(CO)cc1. The molecule has 58 heavy (non-hydrogen) atoms. The molecule has 7 rings (SSSR count). The lowest BCUT2D eigenvalue weighted by atomic mass is 9.89. The fourth-order valence-corrected chi connectivity index (χ4v) is 7.60. The maximum atomic E-state index is 13.2. The molecule has 2 saturated heterocycles. The summed E-state index contributed by atoms with van der Waals surface area (Å²) in [6.45, 7) is 9.48. The quantitative estimate of drug-likeness (QED) is 0.107. The van der Waals surface area contributed by atoms with Gasteiger partial charge in [-0.2, -0.15) is 0 Å². The Balaban J connectivity index is 1.03. The monoisotopic (exact) mass is 783 g/mol. The molecule has 5 aromatic rings. The van der Waals surface area contributed by atoms with Gasteiger partial charge < -0.3 is 34.7 Å². The number of carbonyl (C=O) groups is 2. The van der Waals surface area contributed by atoms with E-state index in [9.17, 15) is 14.7 Å². The molecule has 302 valence electrons. The average molecular weight is 784 g/mol. The first-order chi connectivity index (χ1) is 28.0. The summed E-state index contributed by atoms with van der Waals surface area (Å²) in [4.78, 5) is 28.4. The van der Waals surface area contributed by atoms with Gasteiger partial charge in [0, 0.05) is 30.3 Å². The molecule has 2 aliphatic rings. The first-order valence-electron chi connectivity index (χ1n) is 20.1. The standard InChI is InChI=1S/C48H53N3O7/c1-32-43(30-51-28-10-15-42(51)45(53)58-48(2,3)4)56-46(57-44(32)35-18-16-33(31-52)17-19-35)36-22-20-34(21-23-36)41-14-9-8-11-37(41)29-49-47(54)50-38-24-26-40(27-25-38)55-39-12-6-5-7-13-39/h5-9,11-14,16-27,32,42-44,46,52H,10,15,28-31H2,1-4H3,(H2,49,50,54)/t32-,42-,43+,44+,46+/m0/s1. The molecule has 10 nitrogen and oxygen atoms in total. The lowest BCUT2D eigenvalue weighted by Crippen LogP contribution is -2.48. The normalized spacial score (nSPS) is 20.9. The van der Waals surface area contributed by atoms with Gasteiger partial charge in [-0.3, -0.25) is 9.69 Å². The van der Waals surface area contributed by atoms with Crippen LogP contribution in [0, 0.1) is 5.92 Å². The fraction of sp³-hybridized carbons (Fsp3) is 0.333. The fourth-order valence-electron chi connectivity index (χ4n) is 7.60. The molecule has 0 aliphatic carbocycles. The van der Waals surface area contributed by atoms with Crippen LogP contribution in [0.15, 0.2) is 127 Å². The second-order valence-corrected chi connectivity index (χ2v) is 16.0. The summed E-state index contributed by atoms with van der Waals surface area (Å²) in [5.41, 5.74) is 5.76. The van der Waals surface area contributed by atoms with Crippen molar-refractivity contribution in [2.24, 2.45) is 5.92 Å². The number of para-hydroxylation sites is 1. The number of anilines is 1. The van der Waals surface area contributed by atoms with E-state index in [1.54, 1.807) is 12.1 Å². The molecule has 0 bridgehead atoms. The van der Waals surface area contributed by atoms with Crippen LogP contribution < -0.4 is 15.4 Å². The molecule has 10 heteroatoms. The average Bonchev–Trinajstić information content (AvgIpc) is 3.70. The summed E-state index contributed by atoms with van der Waals surface area (Å²) < 4.78 is 25.2. The number of hydrogen-bond donors (Lipinski definition) is 3. The predicted molar refractivity (Wildman–Crippen MR) is 224 cm³/mol. The molecule has 0 saturated carbocycles. The van der Waals surface area contributed by atoms with Crippen LogP contribution in [0.4, 0.5) is 10.5 Å². The van der Waals surface area contributed by atoms with Crippen molar-refractivity contribution < 1.29 is 33.6 Å². The molecule has 5 aromatic carbocycles. The van der Waals surface area contributed by atoms with Crippen molar-refractivity contribution in [1.82, 2.24) is 10.2 Å². The third kappa shape index (κ3) is 10.3. The van der Waals surface area contributed by atoms with Crippen LogP contribution in [0.25, 0.3) is 11.1 Å². The van der Waals surface area contributed by atoms with E-state index in [2.05, 4.69) is 34.6 Å². The number of urea groups is 1. The summed E-state index contributed by atoms with van der Waals surface area (Å²) in [5, 5.41) is 15.6. The molecule has 0 unspecified atom stereocenters. The van der Waals surface area contributed by atoms with E-state index in [-0.39, 0.29) is 42.8 Å². The highest BCUT2D eigenvalue weighted by molar-refractivity contribution is 5.89. The lowest BCUT2D eigenvalue weighted by Gasteiger charge is -2.43. The van der Waals surface area contributed by atoms with Gasteiger partial charge in [0.25, 0.3) is 0 Å². The van der Waals surface area contributed by atoms with Gasteiger partial charge in [-0.15, -0.1) is 0 Å². The number of amides is 2. The first-order valence-corrected chi connectivity index (χ1v) is 20.1. The zero-order chi connectivity index (χ0) is 40.6. The van der Waals surface area contributed by atoms with Gasteiger partial charge in [-0.05, 0) is 104 Å². The zero-order valence-electron chi connectivity index (χ0n) is 33.6. The van der Waals surface area contributed by atoms with Crippen LogP contribution in [-0.2, 0) is 32.2 Å². The molecule has 0 aromatic heterocycles. The number of aliphatic hydroxyl groups excluding tert-OH is 1. The second kappa shape index (κ2) is 18.4. The minimum absolute atomic E-state index is 0.0278. The third-order valence-electron chi connectivity index (χ3n) is 10.6. The van der Waals surface area contributed by atoms with E-state index in [4.69, 9.17) is 18.9 Å². The van der Waals surface area contributed by atoms with Crippen molar-refractivity contribution in [3.63, 3.8) is 0 Å². The van der Waals surface area contributed by atoms with Crippen LogP contribution in [0.3, 0.4) is 0 Å². The van der Waals surface area contributed by atoms with Crippen molar-refractivity contribution in [2.75, 3.05) is 18.4 Å². The van der Waals surface area contributed by atoms with Crippen LogP contribution in [0.2, 0.25) is 0 Å². The van der Waals surface area contributed by atoms with Crippen molar-refractivity contribution in [2.45, 2.75) is 83.8 Å². The van der Waals surface area contributed by atoms with E-state index in [1.165, 1.54) is 0 Å². The van der Waals surface area contributed by atoms with Crippen molar-refractivity contribution in [1.29, 1.82) is 0 Å². The van der Waals surface area contributed by atoms with Gasteiger partial charge in [-0.25, -0.2) is 4.79 Å². The summed E-state index contributed by atoms with van der Waals surface area (Å²) in [5.74, 6) is 1.20. The number of rotatable bonds is 12. The Morgan fingerprint density at radius 3 is 2.19 bits per heavy atom. The topological polar surface area (TPSA) is 119 Å². The number of carbonyl (C=O) groups excluding carboxylic acids is 2. The van der Waals surface area contributed by atoms with Gasteiger partial charge in [0.05, 0.1) is 18.8 Å². The Bertz CT molecular complexity index is 2120. The summed E-state index contributed by atoms with van der Waals surface area (Å²) in [6, 6.07) is 40.2. The third-order valence-corrected chi connectivity index (χ3v) is 10.6. The zero-order valence-corrected chi connectivity index (χ0v) is 33.6. The molecular formula is C48H53N3O7. The Labute approximate surface area is 341 Å². The van der Waals surface area contributed by atoms with E-state index in [0.29, 0.717) is 24.5 Å². The maximum Gasteiger partial charge on any atom is 0.323 e. The second-order valence-electron chi connectivity index (χ2n) is 16.0. The minimum atomic E-state index is -0.653. The van der Waals surface area contributed by atoms with Crippen LogP contribution >= 0.6 is 0 Å². The lowest BCUT2D eigenvalue weighted by molar-refractivity contribution is -0.276. The minimum Gasteiger partial charge on any atom is -0.459 e. The number of ether oxygens (including phenoxy) is 4. The first kappa shape index (κ1) is 40.7. The summed E-state index contributed by atoms with van der Waals surface area (Å²) in [6.07, 6.45) is 0.503. The molecule has 2 aliphatic heterocycles. The Morgan fingerprint density at radius 1 is 0.810 bits per heavy atom. The summed E-state index contributed by atoms with van der Waals surface area (Å²) in [7, 11) is 0. The molecule has 2 amide bonds. The number of hydrogen-bond acceptors (Lipinski definition) is 8. The molecular weight excluding hydrogens is 731 g/mol. The predicted octanol–water partition coefficient (Wildman–Crippen LogP) is 9.56. The molecule has 0 spiro atoms. The summed E-state index contributed by atoms with van der Waals surface area (Å²) >= 11 is 0. The van der Waals surface area contributed by atoms with Gasteiger partial charge in [0.2, 0.25) is 0 Å². The highest BCUT2D eigenvalue weighted by atomic mass is 16.7. The van der Waals surface area contributed by atoms with Gasteiger partial charge in [0.15, 0.2) is 6.29 Å². The van der Waals surface area contributed by atoms with Crippen LogP contribution in [-0.4, -0.2) is 52.8 Å². The number of nitrogens with one attached hydrogen (secondary N) is 2. The number of aliphatic hydroxyl groups is 1. The van der Waals surface area contributed by atoms with Gasteiger partial charge in [0.1, 0.15) is 23.1 Å². The Morgan fingerprint density at radius 2 is 1.48 bits per heavy atom. The maximum absolute atomic E-state index is 13.2. The number of benzene rings is 5. The highest BCUT2D eigenvalue weighted by Crippen LogP contribution is 2.43. The van der Waals surface area contributed by atoms with E-state index >= 15 is 0 Å².